The fourth-order valence-corrected chi connectivity index (χ4v) is 0.884. The highest BCUT2D eigenvalue weighted by atomic mass is 32.1. The average molecular weight is 163 g/mol. The number of rotatable bonds is 0. The maximum Gasteiger partial charge on any atom is 0.128 e. The van der Waals surface area contributed by atoms with Gasteiger partial charge in [-0.05, 0) is 0 Å². The molecule has 1 saturated carbocycles. The quantitative estimate of drug-likeness (QED) is 0.422. The van der Waals surface area contributed by atoms with E-state index in [4.69, 9.17) is 5.73 Å². The van der Waals surface area contributed by atoms with Gasteiger partial charge >= 0.3 is 0 Å². The van der Waals surface area contributed by atoms with Gasteiger partial charge in [0.25, 0.3) is 0 Å². The van der Waals surface area contributed by atoms with Crippen LogP contribution in [0.15, 0.2) is 0 Å². The summed E-state index contributed by atoms with van der Waals surface area (Å²) in [7, 11) is 0. The van der Waals surface area contributed by atoms with Gasteiger partial charge in [-0.2, -0.15) is 0 Å². The molecule has 1 fully saturated rings. The summed E-state index contributed by atoms with van der Waals surface area (Å²) < 4.78 is 0.194. The molecular formula is C6H13NS2. The lowest BCUT2D eigenvalue weighted by molar-refractivity contribution is 0.886. The van der Waals surface area contributed by atoms with E-state index in [-0.39, 0.29) is 4.32 Å². The predicted molar refractivity (Wildman–Crippen MR) is 48.9 cm³/mol. The highest BCUT2D eigenvalue weighted by Crippen LogP contribution is 2.15. The van der Waals surface area contributed by atoms with E-state index < -0.39 is 0 Å². The monoisotopic (exact) mass is 163 g/mol. The van der Waals surface area contributed by atoms with Crippen molar-refractivity contribution in [2.24, 2.45) is 5.73 Å². The Morgan fingerprint density at radius 2 is 1.22 bits per heavy atom. The fourth-order valence-electron chi connectivity index (χ4n) is 0.884. The van der Waals surface area contributed by atoms with E-state index in [0.717, 1.165) is 0 Å². The van der Waals surface area contributed by atoms with E-state index in [1.54, 1.807) is 0 Å². The van der Waals surface area contributed by atoms with Crippen molar-refractivity contribution >= 4 is 29.2 Å². The molecule has 0 heterocycles. The minimum atomic E-state index is 0.194. The number of thiol groups is 1. The smallest absolute Gasteiger partial charge is 0.128 e. The fraction of sp³-hybridized carbons (Fsp3) is 0.833. The minimum absolute atomic E-state index is 0.194. The van der Waals surface area contributed by atoms with Gasteiger partial charge in [-0.25, -0.2) is 0 Å². The van der Waals surface area contributed by atoms with Crippen molar-refractivity contribution in [2.45, 2.75) is 32.1 Å². The second kappa shape index (κ2) is 6.36. The highest BCUT2D eigenvalue weighted by molar-refractivity contribution is 8.10. The standard InChI is InChI=1S/C5H10.CH3NS2/c1-2-4-5-3-1;2-1(3)4/h1-5H2;(H3,2,3,4). The van der Waals surface area contributed by atoms with Crippen molar-refractivity contribution in [3.63, 3.8) is 0 Å². The van der Waals surface area contributed by atoms with Gasteiger partial charge < -0.3 is 5.73 Å². The second-order valence-electron chi connectivity index (χ2n) is 2.11. The van der Waals surface area contributed by atoms with Crippen LogP contribution in [0.1, 0.15) is 32.1 Å². The van der Waals surface area contributed by atoms with Crippen molar-refractivity contribution in [1.82, 2.24) is 0 Å². The molecular weight excluding hydrogens is 150 g/mol. The highest BCUT2D eigenvalue weighted by Gasteiger charge is 1.95. The molecule has 1 aliphatic rings. The van der Waals surface area contributed by atoms with Crippen molar-refractivity contribution in [3.8, 4) is 0 Å². The maximum absolute atomic E-state index is 4.71. The maximum atomic E-state index is 4.71. The summed E-state index contributed by atoms with van der Waals surface area (Å²) in [4.78, 5) is 0. The molecule has 0 aliphatic heterocycles. The molecule has 0 amide bonds. The van der Waals surface area contributed by atoms with Crippen LogP contribution in [0.5, 0.6) is 0 Å². The van der Waals surface area contributed by atoms with Gasteiger partial charge in [-0.15, -0.1) is 12.6 Å². The summed E-state index contributed by atoms with van der Waals surface area (Å²) in [6, 6.07) is 0. The molecule has 54 valence electrons. The molecule has 1 nitrogen and oxygen atoms in total. The molecule has 0 aromatic heterocycles. The van der Waals surface area contributed by atoms with Gasteiger partial charge in [0.1, 0.15) is 4.32 Å². The third kappa shape index (κ3) is 11.7. The molecule has 0 bridgehead atoms. The lowest BCUT2D eigenvalue weighted by Crippen LogP contribution is -1.94. The minimum Gasteiger partial charge on any atom is -0.385 e. The van der Waals surface area contributed by atoms with E-state index in [1.165, 1.54) is 32.1 Å². The molecule has 0 unspecified atom stereocenters. The van der Waals surface area contributed by atoms with E-state index >= 15 is 0 Å². The predicted octanol–water partition coefficient (Wildman–Crippen LogP) is 2.11. The van der Waals surface area contributed by atoms with Crippen molar-refractivity contribution in [1.29, 1.82) is 0 Å². The Morgan fingerprint density at radius 3 is 1.33 bits per heavy atom. The van der Waals surface area contributed by atoms with Crippen LogP contribution >= 0.6 is 24.8 Å². The first-order valence-electron chi connectivity index (χ1n) is 3.22. The number of thiocarbonyl (C=S) groups is 1. The number of hydrogen-bond acceptors (Lipinski definition) is 1. The summed E-state index contributed by atoms with van der Waals surface area (Å²) in [6.45, 7) is 0. The molecule has 9 heavy (non-hydrogen) atoms. The van der Waals surface area contributed by atoms with Crippen LogP contribution < -0.4 is 5.73 Å². The zero-order chi connectivity index (χ0) is 7.11. The van der Waals surface area contributed by atoms with E-state index in [9.17, 15) is 0 Å². The van der Waals surface area contributed by atoms with Crippen LogP contribution in [0.3, 0.4) is 0 Å². The Hall–Kier alpha value is 0.240. The topological polar surface area (TPSA) is 26.0 Å². The van der Waals surface area contributed by atoms with Crippen LogP contribution in [0.2, 0.25) is 0 Å². The Balaban J connectivity index is 0.000000148. The lowest BCUT2D eigenvalue weighted by atomic mass is 10.4. The van der Waals surface area contributed by atoms with Crippen LogP contribution in [-0.4, -0.2) is 4.32 Å². The van der Waals surface area contributed by atoms with Crippen LogP contribution in [-0.2, 0) is 0 Å². The molecule has 0 saturated heterocycles. The molecule has 1 rings (SSSR count). The van der Waals surface area contributed by atoms with Gasteiger partial charge in [0.05, 0.1) is 0 Å². The zero-order valence-corrected chi connectivity index (χ0v) is 7.18. The normalized spacial score (nSPS) is 16.1. The Labute approximate surface area is 67.4 Å². The molecule has 0 aromatic rings. The third-order valence-corrected chi connectivity index (χ3v) is 1.25. The van der Waals surface area contributed by atoms with E-state index in [0.29, 0.717) is 0 Å². The second-order valence-corrected chi connectivity index (χ2v) is 3.33. The SMILES string of the molecule is C1CCCC1.NC(=S)S. The van der Waals surface area contributed by atoms with Gasteiger partial charge in [-0.3, -0.25) is 0 Å². The molecule has 0 spiro atoms. The van der Waals surface area contributed by atoms with Gasteiger partial charge in [0, 0.05) is 0 Å². The average Bonchev–Trinajstić information content (AvgIpc) is 2.11. The number of nitrogens with two attached hydrogens (primary N) is 1. The van der Waals surface area contributed by atoms with Crippen molar-refractivity contribution < 1.29 is 0 Å². The summed E-state index contributed by atoms with van der Waals surface area (Å²) in [5, 5.41) is 0. The first-order chi connectivity index (χ1) is 4.23. The summed E-state index contributed by atoms with van der Waals surface area (Å²) >= 11 is 7.65. The lowest BCUT2D eigenvalue weighted by Gasteiger charge is -1.67. The van der Waals surface area contributed by atoms with Crippen molar-refractivity contribution in [2.75, 3.05) is 0 Å². The van der Waals surface area contributed by atoms with Gasteiger partial charge in [-0.1, -0.05) is 44.3 Å². The number of hydrogen-bond donors (Lipinski definition) is 2. The largest absolute Gasteiger partial charge is 0.385 e. The Kier molecular flexibility index (Phi) is 6.53. The van der Waals surface area contributed by atoms with E-state index in [1.807, 2.05) is 0 Å². The Bertz CT molecular complexity index is 67.5. The molecule has 3 heteroatoms. The summed E-state index contributed by atoms with van der Waals surface area (Å²) in [5.74, 6) is 0. The van der Waals surface area contributed by atoms with Crippen molar-refractivity contribution in [3.05, 3.63) is 0 Å². The van der Waals surface area contributed by atoms with Crippen LogP contribution in [0.25, 0.3) is 0 Å². The zero-order valence-electron chi connectivity index (χ0n) is 5.47. The first-order valence-corrected chi connectivity index (χ1v) is 4.07. The molecule has 0 atom stereocenters. The first kappa shape index (κ1) is 9.24. The molecule has 0 aromatic carbocycles. The van der Waals surface area contributed by atoms with Crippen LogP contribution in [0.4, 0.5) is 0 Å². The molecule has 0 radical (unpaired) electrons. The van der Waals surface area contributed by atoms with Crippen LogP contribution in [0, 0.1) is 0 Å². The summed E-state index contributed by atoms with van der Waals surface area (Å²) in [5.41, 5.74) is 4.71. The molecule has 2 N–H and O–H groups in total. The van der Waals surface area contributed by atoms with Gasteiger partial charge in [0.2, 0.25) is 0 Å². The third-order valence-electron chi connectivity index (χ3n) is 1.25. The Morgan fingerprint density at radius 1 is 1.11 bits per heavy atom. The van der Waals surface area contributed by atoms with Gasteiger partial charge in [0.15, 0.2) is 0 Å². The molecule has 1 aliphatic carbocycles. The summed E-state index contributed by atoms with van der Waals surface area (Å²) in [6.07, 6.45) is 7.50. The van der Waals surface area contributed by atoms with E-state index in [2.05, 4.69) is 24.8 Å².